The van der Waals surface area contributed by atoms with Crippen molar-refractivity contribution in [3.05, 3.63) is 66.1 Å². The van der Waals surface area contributed by atoms with Crippen LogP contribution in [0.4, 0.5) is 4.39 Å². The van der Waals surface area contributed by atoms with Gasteiger partial charge in [-0.3, -0.25) is 9.59 Å². The highest BCUT2D eigenvalue weighted by Crippen LogP contribution is 2.26. The number of nitrogens with two attached hydrogens (primary N) is 1. The van der Waals surface area contributed by atoms with E-state index in [0.717, 1.165) is 10.9 Å². The Kier molecular flexibility index (Phi) is 5.41. The van der Waals surface area contributed by atoms with Gasteiger partial charge in [-0.25, -0.2) is 4.39 Å². The average molecular weight is 411 g/mol. The summed E-state index contributed by atoms with van der Waals surface area (Å²) in [5.41, 5.74) is 5.78. The molecule has 3 N–H and O–H groups in total. The number of nitrogens with one attached hydrogen (secondary N) is 1. The minimum absolute atomic E-state index is 0.00101. The minimum atomic E-state index is -1.08. The van der Waals surface area contributed by atoms with Gasteiger partial charge in [-0.05, 0) is 47.9 Å². The van der Waals surface area contributed by atoms with E-state index in [-0.39, 0.29) is 37.9 Å². The molecule has 2 heterocycles. The number of primary amides is 1. The van der Waals surface area contributed by atoms with Crippen LogP contribution in [-0.4, -0.2) is 53.6 Å². The lowest BCUT2D eigenvalue weighted by molar-refractivity contribution is -0.142. The van der Waals surface area contributed by atoms with E-state index in [1.165, 1.54) is 24.3 Å². The number of nitrogens with zero attached hydrogens (tertiary/aromatic N) is 1. The summed E-state index contributed by atoms with van der Waals surface area (Å²) >= 11 is 0. The largest absolute Gasteiger partial charge is 0.490 e. The van der Waals surface area contributed by atoms with Crippen molar-refractivity contribution >= 4 is 22.7 Å². The topological polar surface area (TPSA) is 97.7 Å². The fourth-order valence-electron chi connectivity index (χ4n) is 3.69. The summed E-state index contributed by atoms with van der Waals surface area (Å²) in [6.45, 7) is 0.787. The van der Waals surface area contributed by atoms with Gasteiger partial charge in [0, 0.05) is 23.8 Å². The number of aromatic amines is 1. The number of carbonyl (C=O) groups excluding carboxylic acids is 2. The van der Waals surface area contributed by atoms with Gasteiger partial charge in [0.25, 0.3) is 5.91 Å². The molecular weight excluding hydrogens is 389 g/mol. The van der Waals surface area contributed by atoms with Gasteiger partial charge in [0.2, 0.25) is 5.91 Å². The Bertz CT molecular complexity index is 1070. The number of hydrogen-bond donors (Lipinski definition) is 2. The van der Waals surface area contributed by atoms with Gasteiger partial charge in [0.1, 0.15) is 23.8 Å². The van der Waals surface area contributed by atoms with Gasteiger partial charge >= 0.3 is 0 Å². The zero-order valence-electron chi connectivity index (χ0n) is 16.3. The molecule has 8 heteroatoms. The van der Waals surface area contributed by atoms with Crippen LogP contribution in [0.1, 0.15) is 16.8 Å². The summed E-state index contributed by atoms with van der Waals surface area (Å²) in [5, 5.41) is 1.02. The summed E-state index contributed by atoms with van der Waals surface area (Å²) in [7, 11) is 0. The smallest absolute Gasteiger partial charge is 0.254 e. The predicted molar refractivity (Wildman–Crippen MR) is 109 cm³/mol. The first-order chi connectivity index (χ1) is 14.4. The number of morpholine rings is 1. The van der Waals surface area contributed by atoms with Crippen LogP contribution >= 0.6 is 0 Å². The molecule has 3 aromatic rings. The lowest BCUT2D eigenvalue weighted by Crippen LogP contribution is -2.58. The summed E-state index contributed by atoms with van der Waals surface area (Å²) in [4.78, 5) is 29.6. The predicted octanol–water partition coefficient (Wildman–Crippen LogP) is 2.47. The average Bonchev–Trinajstić information content (AvgIpc) is 3.20. The number of amides is 2. The van der Waals surface area contributed by atoms with E-state index < -0.39 is 11.5 Å². The van der Waals surface area contributed by atoms with Crippen LogP contribution in [0.15, 0.2) is 54.7 Å². The number of aromatic nitrogens is 1. The van der Waals surface area contributed by atoms with Crippen molar-refractivity contribution < 1.29 is 23.5 Å². The molecule has 0 bridgehead atoms. The van der Waals surface area contributed by atoms with Crippen molar-refractivity contribution in [2.24, 2.45) is 5.73 Å². The molecule has 1 aliphatic rings. The highest BCUT2D eigenvalue weighted by molar-refractivity contribution is 5.98. The van der Waals surface area contributed by atoms with Crippen molar-refractivity contribution in [2.75, 3.05) is 26.3 Å². The van der Waals surface area contributed by atoms with E-state index in [0.29, 0.717) is 17.9 Å². The Labute approximate surface area is 172 Å². The third-order valence-electron chi connectivity index (χ3n) is 5.15. The first-order valence-electron chi connectivity index (χ1n) is 9.61. The van der Waals surface area contributed by atoms with E-state index in [9.17, 15) is 14.0 Å². The molecule has 0 unspecified atom stereocenters. The van der Waals surface area contributed by atoms with Crippen LogP contribution in [-0.2, 0) is 9.53 Å². The fourth-order valence-corrected chi connectivity index (χ4v) is 3.69. The summed E-state index contributed by atoms with van der Waals surface area (Å²) in [6, 6.07) is 12.9. The Morgan fingerprint density at radius 1 is 1.20 bits per heavy atom. The summed E-state index contributed by atoms with van der Waals surface area (Å²) in [6.07, 6.45) is 1.71. The maximum absolute atomic E-state index is 13.1. The van der Waals surface area contributed by atoms with E-state index in [2.05, 4.69) is 4.98 Å². The molecule has 1 atom stereocenters. The van der Waals surface area contributed by atoms with Gasteiger partial charge in [-0.2, -0.15) is 0 Å². The molecule has 2 aromatic carbocycles. The van der Waals surface area contributed by atoms with Crippen molar-refractivity contribution in [1.29, 1.82) is 0 Å². The second kappa shape index (κ2) is 8.16. The molecule has 0 radical (unpaired) electrons. The summed E-state index contributed by atoms with van der Waals surface area (Å²) in [5.74, 6) is -0.659. The molecule has 0 spiro atoms. The maximum Gasteiger partial charge on any atom is 0.254 e. The van der Waals surface area contributed by atoms with Gasteiger partial charge in [-0.1, -0.05) is 6.07 Å². The number of H-pyrrole nitrogens is 1. The van der Waals surface area contributed by atoms with Gasteiger partial charge in [0.15, 0.2) is 0 Å². The number of ether oxygens (including phenoxy) is 2. The quantitative estimate of drug-likeness (QED) is 0.651. The van der Waals surface area contributed by atoms with Crippen LogP contribution in [0.2, 0.25) is 0 Å². The molecule has 2 amide bonds. The van der Waals surface area contributed by atoms with E-state index in [4.69, 9.17) is 15.2 Å². The molecule has 0 aliphatic carbocycles. The van der Waals surface area contributed by atoms with Crippen LogP contribution in [0, 0.1) is 5.82 Å². The third kappa shape index (κ3) is 4.28. The van der Waals surface area contributed by atoms with E-state index in [1.807, 2.05) is 18.3 Å². The Balaban J connectivity index is 1.52. The second-order valence-corrected chi connectivity index (χ2v) is 7.42. The second-order valence-electron chi connectivity index (χ2n) is 7.42. The van der Waals surface area contributed by atoms with Crippen LogP contribution in [0.25, 0.3) is 10.9 Å². The monoisotopic (exact) mass is 411 g/mol. The number of rotatable bonds is 6. The number of fused-ring (bicyclic) bond motifs is 1. The van der Waals surface area contributed by atoms with Crippen molar-refractivity contribution in [3.63, 3.8) is 0 Å². The van der Waals surface area contributed by atoms with Crippen LogP contribution < -0.4 is 10.5 Å². The third-order valence-corrected chi connectivity index (χ3v) is 5.15. The van der Waals surface area contributed by atoms with E-state index in [1.54, 1.807) is 17.0 Å². The Morgan fingerprint density at radius 2 is 2.00 bits per heavy atom. The molecule has 1 aliphatic heterocycles. The summed E-state index contributed by atoms with van der Waals surface area (Å²) < 4.78 is 24.8. The van der Waals surface area contributed by atoms with Gasteiger partial charge < -0.3 is 25.1 Å². The fraction of sp³-hybridized carbons (Fsp3) is 0.273. The minimum Gasteiger partial charge on any atom is -0.490 e. The zero-order chi connectivity index (χ0) is 21.1. The number of benzene rings is 2. The van der Waals surface area contributed by atoms with Crippen molar-refractivity contribution in [2.45, 2.75) is 12.0 Å². The SMILES string of the molecule is NC(=O)C[C@@]1(COc2ccc(F)cc2)CN(C(=O)c2ccc3cc[nH]c3c2)CCO1. The molecule has 1 fully saturated rings. The Morgan fingerprint density at radius 3 is 2.77 bits per heavy atom. The first-order valence-corrected chi connectivity index (χ1v) is 9.61. The lowest BCUT2D eigenvalue weighted by Gasteiger charge is -2.42. The number of hydrogen-bond acceptors (Lipinski definition) is 4. The zero-order valence-corrected chi connectivity index (χ0v) is 16.3. The highest BCUT2D eigenvalue weighted by atomic mass is 19.1. The van der Waals surface area contributed by atoms with Gasteiger partial charge in [-0.15, -0.1) is 0 Å². The van der Waals surface area contributed by atoms with E-state index >= 15 is 0 Å². The highest BCUT2D eigenvalue weighted by Gasteiger charge is 2.41. The molecule has 0 saturated carbocycles. The molecule has 1 aromatic heterocycles. The van der Waals surface area contributed by atoms with Crippen LogP contribution in [0.5, 0.6) is 5.75 Å². The molecule has 7 nitrogen and oxygen atoms in total. The number of carbonyl (C=O) groups is 2. The lowest BCUT2D eigenvalue weighted by atomic mass is 9.97. The number of halogens is 1. The molecule has 4 rings (SSSR count). The van der Waals surface area contributed by atoms with Crippen LogP contribution in [0.3, 0.4) is 0 Å². The van der Waals surface area contributed by atoms with Gasteiger partial charge in [0.05, 0.1) is 19.6 Å². The molecule has 156 valence electrons. The maximum atomic E-state index is 13.1. The molecular formula is C22H22FN3O4. The first kappa shape index (κ1) is 19.9. The van der Waals surface area contributed by atoms with Crippen molar-refractivity contribution in [1.82, 2.24) is 9.88 Å². The molecule has 30 heavy (non-hydrogen) atoms. The molecule has 1 saturated heterocycles. The normalized spacial score (nSPS) is 19.0. The Hall–Kier alpha value is -3.39. The van der Waals surface area contributed by atoms with Crippen molar-refractivity contribution in [3.8, 4) is 5.75 Å². The standard InChI is InChI=1S/C22H22FN3O4/c23-17-3-5-18(6-4-17)29-14-22(12-20(24)27)13-26(9-10-30-22)21(28)16-2-1-15-7-8-25-19(15)11-16/h1-8,11,25H,9-10,12-14H2,(H2,24,27)/t22-/m0/s1.